The number of carbonyl (C=O) groups excluding carboxylic acids is 2. The number of halogens is 3. The molecule has 12 heteroatoms. The van der Waals surface area contributed by atoms with E-state index in [1.54, 1.807) is 18.2 Å². The number of H-pyrrole nitrogens is 1. The molecule has 244 valence electrons. The molecule has 46 heavy (non-hydrogen) atoms. The third kappa shape index (κ3) is 7.54. The van der Waals surface area contributed by atoms with Crippen LogP contribution in [0, 0.1) is 0 Å². The lowest BCUT2D eigenvalue weighted by molar-refractivity contribution is -0.118. The number of aromatic amines is 1. The van der Waals surface area contributed by atoms with Gasteiger partial charge in [0, 0.05) is 21.8 Å². The van der Waals surface area contributed by atoms with E-state index in [4.69, 9.17) is 45.3 Å². The number of amides is 2. The van der Waals surface area contributed by atoms with Crippen molar-refractivity contribution in [2.24, 2.45) is 0 Å². The third-order valence-electron chi connectivity index (χ3n) is 8.40. The number of nitrogen functional groups attached to an aromatic ring is 1. The lowest BCUT2D eigenvalue weighted by Crippen LogP contribution is -2.24. The fourth-order valence-corrected chi connectivity index (χ4v) is 5.70. The van der Waals surface area contributed by atoms with E-state index in [-0.39, 0.29) is 55.3 Å². The largest absolute Gasteiger partial charge is 0.483 e. The van der Waals surface area contributed by atoms with Crippen LogP contribution in [0.5, 0.6) is 5.75 Å². The van der Waals surface area contributed by atoms with Crippen molar-refractivity contribution >= 4 is 63.8 Å². The minimum absolute atomic E-state index is 0.00885. The number of anilines is 3. The van der Waals surface area contributed by atoms with Crippen LogP contribution in [-0.2, 0) is 15.6 Å². The molecular weight excluding hydrogens is 649 g/mol. The lowest BCUT2D eigenvalue weighted by Gasteiger charge is -2.30. The van der Waals surface area contributed by atoms with Gasteiger partial charge in [-0.05, 0) is 65.6 Å². The van der Waals surface area contributed by atoms with E-state index < -0.39 is 17.4 Å². The molecule has 5 N–H and O–H groups in total. The van der Waals surface area contributed by atoms with E-state index in [0.29, 0.717) is 11.4 Å². The van der Waals surface area contributed by atoms with Crippen molar-refractivity contribution in [2.75, 3.05) is 23.0 Å². The molecule has 0 atom stereocenters. The maximum atomic E-state index is 13.1. The summed E-state index contributed by atoms with van der Waals surface area (Å²) in [6.45, 7) is 12.8. The molecule has 0 spiro atoms. The number of benzene rings is 3. The molecule has 2 amide bonds. The van der Waals surface area contributed by atoms with E-state index in [1.165, 1.54) is 23.8 Å². The van der Waals surface area contributed by atoms with Crippen LogP contribution in [0.2, 0.25) is 15.1 Å². The van der Waals surface area contributed by atoms with Crippen LogP contribution < -0.4 is 26.7 Å². The average molecular weight is 687 g/mol. The zero-order chi connectivity index (χ0) is 34.0. The Morgan fingerprint density at radius 2 is 1.57 bits per heavy atom. The predicted octanol–water partition coefficient (Wildman–Crippen LogP) is 8.35. The molecule has 9 nitrogen and oxygen atoms in total. The molecule has 0 aliphatic carbocycles. The molecule has 0 aliphatic heterocycles. The normalized spacial score (nSPS) is 11.8. The number of hydrogen-bond donors (Lipinski definition) is 4. The van der Waals surface area contributed by atoms with Gasteiger partial charge in [0.05, 0.1) is 10.0 Å². The Labute approximate surface area is 283 Å². The molecule has 4 rings (SSSR count). The number of nitrogens with zero attached hydrogens (tertiary/aromatic N) is 1. The Kier molecular flexibility index (Phi) is 10.5. The number of aromatic nitrogens is 2. The van der Waals surface area contributed by atoms with Crippen molar-refractivity contribution in [2.45, 2.75) is 65.2 Å². The first kappa shape index (κ1) is 34.9. The van der Waals surface area contributed by atoms with Gasteiger partial charge in [-0.25, -0.2) is 4.68 Å². The van der Waals surface area contributed by atoms with Gasteiger partial charge in [0.2, 0.25) is 0 Å². The molecule has 0 bridgehead atoms. The lowest BCUT2D eigenvalue weighted by atomic mass is 9.76. The van der Waals surface area contributed by atoms with E-state index in [1.807, 2.05) is 6.07 Å². The SMILES string of the molecule is CCC(C)(C)c1ccc(OCC(=O)Nc2cccc(C(=O)Nc3[nH]n(-c4c(Cl)cc(Cl)cc4Cl)c(=O)c3N)c2)c(C(C)(C)CC)c1. The van der Waals surface area contributed by atoms with Crippen molar-refractivity contribution in [3.8, 4) is 11.4 Å². The highest BCUT2D eigenvalue weighted by Gasteiger charge is 2.27. The number of nitrogens with one attached hydrogen (secondary N) is 3. The first-order valence-corrected chi connectivity index (χ1v) is 16.0. The Morgan fingerprint density at radius 1 is 0.913 bits per heavy atom. The van der Waals surface area contributed by atoms with Gasteiger partial charge < -0.3 is 21.1 Å². The summed E-state index contributed by atoms with van der Waals surface area (Å²) >= 11 is 18.5. The van der Waals surface area contributed by atoms with Crippen LogP contribution in [0.3, 0.4) is 0 Å². The molecule has 0 saturated heterocycles. The smallest absolute Gasteiger partial charge is 0.296 e. The van der Waals surface area contributed by atoms with Crippen LogP contribution in [0.15, 0.2) is 59.4 Å². The van der Waals surface area contributed by atoms with E-state index in [0.717, 1.165) is 23.1 Å². The van der Waals surface area contributed by atoms with Crippen molar-refractivity contribution in [1.82, 2.24) is 9.78 Å². The molecule has 0 aliphatic rings. The van der Waals surface area contributed by atoms with Crippen molar-refractivity contribution in [3.05, 3.63) is 96.7 Å². The van der Waals surface area contributed by atoms with Gasteiger partial charge in [-0.1, -0.05) is 94.5 Å². The van der Waals surface area contributed by atoms with Gasteiger partial charge in [0.1, 0.15) is 17.1 Å². The van der Waals surface area contributed by atoms with Crippen LogP contribution in [0.25, 0.3) is 5.69 Å². The summed E-state index contributed by atoms with van der Waals surface area (Å²) in [4.78, 5) is 38.9. The highest BCUT2D eigenvalue weighted by atomic mass is 35.5. The summed E-state index contributed by atoms with van der Waals surface area (Å²) in [5.41, 5.74) is 7.90. The zero-order valence-electron chi connectivity index (χ0n) is 26.6. The Bertz CT molecular complexity index is 1820. The first-order valence-electron chi connectivity index (χ1n) is 14.8. The van der Waals surface area contributed by atoms with Gasteiger partial charge in [-0.3, -0.25) is 19.5 Å². The van der Waals surface area contributed by atoms with Gasteiger partial charge in [-0.15, -0.1) is 0 Å². The van der Waals surface area contributed by atoms with E-state index in [9.17, 15) is 14.4 Å². The second kappa shape index (κ2) is 13.8. The molecule has 1 aromatic heterocycles. The Morgan fingerprint density at radius 3 is 2.20 bits per heavy atom. The van der Waals surface area contributed by atoms with Gasteiger partial charge >= 0.3 is 0 Å². The predicted molar refractivity (Wildman–Crippen MR) is 187 cm³/mol. The number of nitrogens with two attached hydrogens (primary N) is 1. The van der Waals surface area contributed by atoms with Crippen molar-refractivity contribution in [3.63, 3.8) is 0 Å². The molecule has 0 radical (unpaired) electrons. The summed E-state index contributed by atoms with van der Waals surface area (Å²) in [5, 5.41) is 8.60. The molecule has 0 saturated carbocycles. The van der Waals surface area contributed by atoms with Crippen LogP contribution in [0.1, 0.15) is 75.9 Å². The highest BCUT2D eigenvalue weighted by molar-refractivity contribution is 6.40. The summed E-state index contributed by atoms with van der Waals surface area (Å²) < 4.78 is 7.06. The van der Waals surface area contributed by atoms with Gasteiger partial charge in [0.15, 0.2) is 12.4 Å². The minimum Gasteiger partial charge on any atom is -0.483 e. The molecule has 0 fully saturated rings. The molecule has 4 aromatic rings. The molecule has 3 aromatic carbocycles. The van der Waals surface area contributed by atoms with Crippen molar-refractivity contribution in [1.29, 1.82) is 0 Å². The second-order valence-corrected chi connectivity index (χ2v) is 13.6. The number of ether oxygens (including phenoxy) is 1. The molecular formula is C34H38Cl3N5O4. The summed E-state index contributed by atoms with van der Waals surface area (Å²) in [5.74, 6) is -0.370. The number of hydrogen-bond acceptors (Lipinski definition) is 5. The summed E-state index contributed by atoms with van der Waals surface area (Å²) in [7, 11) is 0. The maximum Gasteiger partial charge on any atom is 0.296 e. The summed E-state index contributed by atoms with van der Waals surface area (Å²) in [6, 6.07) is 15.4. The topological polar surface area (TPSA) is 131 Å². The highest BCUT2D eigenvalue weighted by Crippen LogP contribution is 2.38. The molecule has 0 unspecified atom stereocenters. The van der Waals surface area contributed by atoms with Crippen LogP contribution >= 0.6 is 34.8 Å². The number of rotatable bonds is 11. The van der Waals surface area contributed by atoms with Crippen LogP contribution in [0.4, 0.5) is 17.2 Å². The summed E-state index contributed by atoms with van der Waals surface area (Å²) in [6.07, 6.45) is 1.89. The standard InChI is InChI=1S/C34H38Cl3N5O4/c1-7-33(3,4)20-12-13-26(23(15-20)34(5,6)8-2)46-18-27(43)39-22-11-9-10-19(14-22)31(44)40-30-28(38)32(45)42(41-30)29-24(36)16-21(35)17-25(29)37/h9-17,41H,7-8,18,38H2,1-6H3,(H,39,43)(H,40,44). The fraction of sp³-hybridized carbons (Fsp3) is 0.324. The zero-order valence-corrected chi connectivity index (χ0v) is 28.9. The molecule has 1 heterocycles. The van der Waals surface area contributed by atoms with Crippen molar-refractivity contribution < 1.29 is 14.3 Å². The number of carbonyl (C=O) groups is 2. The quantitative estimate of drug-likeness (QED) is 0.126. The Hall–Kier alpha value is -3.92. The average Bonchev–Trinajstić information content (AvgIpc) is 3.27. The first-order chi connectivity index (χ1) is 21.6. The third-order valence-corrected chi connectivity index (χ3v) is 9.19. The van der Waals surface area contributed by atoms with Gasteiger partial charge in [-0.2, -0.15) is 0 Å². The van der Waals surface area contributed by atoms with Gasteiger partial charge in [0.25, 0.3) is 17.4 Å². The monoisotopic (exact) mass is 685 g/mol. The van der Waals surface area contributed by atoms with Crippen LogP contribution in [-0.4, -0.2) is 28.2 Å². The maximum absolute atomic E-state index is 13.1. The fourth-order valence-electron chi connectivity index (χ4n) is 4.72. The Balaban J connectivity index is 1.47. The van der Waals surface area contributed by atoms with E-state index in [2.05, 4.69) is 69.4 Å². The second-order valence-electron chi connectivity index (χ2n) is 12.3. The minimum atomic E-state index is -0.670. The van der Waals surface area contributed by atoms with E-state index >= 15 is 0 Å².